The number of nitrogens with zero attached hydrogens (tertiary/aromatic N) is 4. The Labute approximate surface area is 171 Å². The maximum atomic E-state index is 6.54. The van der Waals surface area contributed by atoms with Gasteiger partial charge in [-0.15, -0.1) is 10.2 Å². The Bertz CT molecular complexity index is 785. The fourth-order valence-electron chi connectivity index (χ4n) is 3.70. The van der Waals surface area contributed by atoms with Crippen molar-refractivity contribution in [1.82, 2.24) is 25.4 Å². The maximum Gasteiger partial charge on any atom is 0.191 e. The highest BCUT2D eigenvalue weighted by atomic mass is 35.5. The summed E-state index contributed by atoms with van der Waals surface area (Å²) in [5, 5.41) is 15.8. The van der Waals surface area contributed by atoms with Gasteiger partial charge in [-0.3, -0.25) is 4.99 Å². The van der Waals surface area contributed by atoms with Crippen LogP contribution in [-0.2, 0) is 23.1 Å². The molecule has 1 fully saturated rings. The highest BCUT2D eigenvalue weighted by Gasteiger charge is 2.36. The largest absolute Gasteiger partial charge is 0.381 e. The molecule has 0 unspecified atom stereocenters. The average molecular weight is 405 g/mol. The maximum absolute atomic E-state index is 6.54. The lowest BCUT2D eigenvalue weighted by Crippen LogP contribution is -2.48. The molecule has 1 aliphatic heterocycles. The molecule has 1 saturated heterocycles. The summed E-state index contributed by atoms with van der Waals surface area (Å²) >= 11 is 6.54. The van der Waals surface area contributed by atoms with Gasteiger partial charge in [-0.25, -0.2) is 0 Å². The van der Waals surface area contributed by atoms with E-state index in [4.69, 9.17) is 16.3 Å². The second-order valence-electron chi connectivity index (χ2n) is 7.02. The molecule has 2 aromatic rings. The summed E-state index contributed by atoms with van der Waals surface area (Å²) in [6.07, 6.45) is 4.50. The molecular weight excluding hydrogens is 376 g/mol. The first-order valence-electron chi connectivity index (χ1n) is 9.82. The van der Waals surface area contributed by atoms with Crippen LogP contribution in [0.1, 0.15) is 31.2 Å². The quantitative estimate of drug-likeness (QED) is 0.547. The van der Waals surface area contributed by atoms with Gasteiger partial charge in [-0.2, -0.15) is 0 Å². The molecule has 1 aromatic heterocycles. The first-order chi connectivity index (χ1) is 13.7. The van der Waals surface area contributed by atoms with E-state index in [0.717, 1.165) is 68.9 Å². The third-order valence-electron chi connectivity index (χ3n) is 5.37. The van der Waals surface area contributed by atoms with Crippen molar-refractivity contribution in [2.24, 2.45) is 4.99 Å². The van der Waals surface area contributed by atoms with Gasteiger partial charge in [0.2, 0.25) is 0 Å². The van der Waals surface area contributed by atoms with Crippen molar-refractivity contribution in [3.63, 3.8) is 0 Å². The third kappa shape index (κ3) is 4.83. The monoisotopic (exact) mass is 404 g/mol. The number of aliphatic imine (C=N–C) groups is 1. The van der Waals surface area contributed by atoms with Gasteiger partial charge >= 0.3 is 0 Å². The van der Waals surface area contributed by atoms with Crippen LogP contribution in [0, 0.1) is 0 Å². The Hall–Kier alpha value is -2.12. The van der Waals surface area contributed by atoms with Gasteiger partial charge < -0.3 is 19.9 Å². The van der Waals surface area contributed by atoms with Crippen LogP contribution in [0.4, 0.5) is 0 Å². The molecule has 152 valence electrons. The summed E-state index contributed by atoms with van der Waals surface area (Å²) in [5.74, 6) is 1.77. The molecule has 0 radical (unpaired) electrons. The lowest BCUT2D eigenvalue weighted by molar-refractivity contribution is 0.0514. The number of guanidine groups is 1. The third-order valence-corrected chi connectivity index (χ3v) is 5.70. The van der Waals surface area contributed by atoms with Crippen LogP contribution in [0.3, 0.4) is 0 Å². The van der Waals surface area contributed by atoms with E-state index in [2.05, 4.69) is 49.4 Å². The fraction of sp³-hybridized carbons (Fsp3) is 0.550. The van der Waals surface area contributed by atoms with Crippen LogP contribution in [0.15, 0.2) is 35.6 Å². The van der Waals surface area contributed by atoms with Crippen molar-refractivity contribution < 1.29 is 4.74 Å². The van der Waals surface area contributed by atoms with E-state index in [1.54, 1.807) is 13.4 Å². The Morgan fingerprint density at radius 2 is 2.07 bits per heavy atom. The van der Waals surface area contributed by atoms with Crippen molar-refractivity contribution >= 4 is 17.6 Å². The zero-order chi connectivity index (χ0) is 19.8. The number of aryl methyl sites for hydroxylation is 1. The molecule has 3 rings (SSSR count). The molecule has 0 amide bonds. The summed E-state index contributed by atoms with van der Waals surface area (Å²) in [5.41, 5.74) is 1.12. The summed E-state index contributed by atoms with van der Waals surface area (Å²) in [6, 6.07) is 8.12. The van der Waals surface area contributed by atoms with Gasteiger partial charge in [0, 0.05) is 56.8 Å². The van der Waals surface area contributed by atoms with E-state index in [1.807, 2.05) is 12.1 Å². The molecule has 0 aliphatic carbocycles. The zero-order valence-corrected chi connectivity index (χ0v) is 17.4. The number of hydrogen-bond donors (Lipinski definition) is 2. The Morgan fingerprint density at radius 1 is 1.29 bits per heavy atom. The number of ether oxygens (including phenoxy) is 1. The predicted molar refractivity (Wildman–Crippen MR) is 112 cm³/mol. The molecule has 0 saturated carbocycles. The lowest BCUT2D eigenvalue weighted by atomic mass is 9.74. The Kier molecular flexibility index (Phi) is 7.28. The van der Waals surface area contributed by atoms with E-state index >= 15 is 0 Å². The Morgan fingerprint density at radius 3 is 2.79 bits per heavy atom. The number of halogens is 1. The van der Waals surface area contributed by atoms with Gasteiger partial charge in [0.25, 0.3) is 0 Å². The van der Waals surface area contributed by atoms with Crippen molar-refractivity contribution in [2.45, 2.75) is 38.1 Å². The van der Waals surface area contributed by atoms with Crippen LogP contribution in [0.25, 0.3) is 0 Å². The van der Waals surface area contributed by atoms with Crippen LogP contribution in [-0.4, -0.2) is 54.1 Å². The van der Waals surface area contributed by atoms with E-state index in [-0.39, 0.29) is 5.41 Å². The number of hydrogen-bond acceptors (Lipinski definition) is 4. The van der Waals surface area contributed by atoms with Crippen molar-refractivity contribution in [1.29, 1.82) is 0 Å². The molecule has 1 aliphatic rings. The highest BCUT2D eigenvalue weighted by Crippen LogP contribution is 2.38. The number of rotatable bonds is 7. The second-order valence-corrected chi connectivity index (χ2v) is 7.43. The molecule has 2 N–H and O–H groups in total. The van der Waals surface area contributed by atoms with E-state index < -0.39 is 0 Å². The molecule has 2 heterocycles. The van der Waals surface area contributed by atoms with Crippen LogP contribution < -0.4 is 10.6 Å². The standard InChI is InChI=1S/C20H29ClN6O/c1-3-18-26-25-15-27(18)11-10-23-19(22-2)24-14-20(8-12-28-13-9-20)16-6-4-5-7-17(16)21/h4-7,15H,3,8-14H2,1-2H3,(H2,22,23,24). The average Bonchev–Trinajstić information content (AvgIpc) is 3.19. The summed E-state index contributed by atoms with van der Waals surface area (Å²) < 4.78 is 7.68. The summed E-state index contributed by atoms with van der Waals surface area (Å²) in [4.78, 5) is 4.37. The topological polar surface area (TPSA) is 76.4 Å². The van der Waals surface area contributed by atoms with Crippen LogP contribution >= 0.6 is 11.6 Å². The second kappa shape index (κ2) is 9.89. The zero-order valence-electron chi connectivity index (χ0n) is 16.6. The van der Waals surface area contributed by atoms with Gasteiger partial charge in [-0.1, -0.05) is 36.7 Å². The van der Waals surface area contributed by atoms with Crippen LogP contribution in [0.2, 0.25) is 5.02 Å². The number of benzene rings is 1. The van der Waals surface area contributed by atoms with E-state index in [0.29, 0.717) is 0 Å². The van der Waals surface area contributed by atoms with Crippen molar-refractivity contribution in [3.05, 3.63) is 47.0 Å². The molecule has 0 bridgehead atoms. The minimum atomic E-state index is -0.0577. The predicted octanol–water partition coefficient (Wildman–Crippen LogP) is 2.41. The van der Waals surface area contributed by atoms with Gasteiger partial charge in [-0.05, 0) is 24.5 Å². The van der Waals surface area contributed by atoms with Crippen molar-refractivity contribution in [3.8, 4) is 0 Å². The molecule has 28 heavy (non-hydrogen) atoms. The number of aromatic nitrogens is 3. The smallest absolute Gasteiger partial charge is 0.191 e. The molecule has 0 spiro atoms. The first-order valence-corrected chi connectivity index (χ1v) is 10.2. The normalized spacial score (nSPS) is 16.8. The molecule has 7 nitrogen and oxygen atoms in total. The highest BCUT2D eigenvalue weighted by molar-refractivity contribution is 6.31. The molecule has 0 atom stereocenters. The van der Waals surface area contributed by atoms with Gasteiger partial charge in [0.05, 0.1) is 0 Å². The van der Waals surface area contributed by atoms with Gasteiger partial charge in [0.15, 0.2) is 5.96 Å². The minimum absolute atomic E-state index is 0.0577. The summed E-state index contributed by atoms with van der Waals surface area (Å²) in [6.45, 7) is 5.86. The fourth-order valence-corrected chi connectivity index (χ4v) is 4.04. The van der Waals surface area contributed by atoms with Crippen molar-refractivity contribution in [2.75, 3.05) is 33.4 Å². The lowest BCUT2D eigenvalue weighted by Gasteiger charge is -2.38. The van der Waals surface area contributed by atoms with Crippen LogP contribution in [0.5, 0.6) is 0 Å². The molecular formula is C20H29ClN6O. The minimum Gasteiger partial charge on any atom is -0.381 e. The number of nitrogens with one attached hydrogen (secondary N) is 2. The molecule has 1 aromatic carbocycles. The van der Waals surface area contributed by atoms with E-state index in [1.165, 1.54) is 5.56 Å². The Balaban J connectivity index is 1.61. The van der Waals surface area contributed by atoms with Gasteiger partial charge in [0.1, 0.15) is 12.2 Å². The van der Waals surface area contributed by atoms with E-state index in [9.17, 15) is 0 Å². The summed E-state index contributed by atoms with van der Waals surface area (Å²) in [7, 11) is 1.79. The first kappa shape index (κ1) is 20.6. The SMILES string of the molecule is CCc1nncn1CCNC(=NC)NCC1(c2ccccc2Cl)CCOCC1. The molecule has 8 heteroatoms.